The van der Waals surface area contributed by atoms with E-state index in [0.29, 0.717) is 30.9 Å². The van der Waals surface area contributed by atoms with Crippen LogP contribution in [0.15, 0.2) is 24.3 Å². The Bertz CT molecular complexity index is 970. The lowest BCUT2D eigenvalue weighted by molar-refractivity contribution is 0.00488. The number of nitrogens with one attached hydrogen (secondary N) is 1. The molecule has 2 saturated heterocycles. The zero-order valence-corrected chi connectivity index (χ0v) is 21.3. The summed E-state index contributed by atoms with van der Waals surface area (Å²) in [5.74, 6) is 1.25. The number of nitrogens with zero attached hydrogens (tertiary/aromatic N) is 3. The fourth-order valence-corrected chi connectivity index (χ4v) is 5.85. The molecule has 1 aromatic carbocycles. The maximum Gasteiger partial charge on any atom is 0.407 e. The van der Waals surface area contributed by atoms with Gasteiger partial charge in [-0.3, -0.25) is 4.90 Å². The molecule has 0 aliphatic carbocycles. The highest BCUT2D eigenvalue weighted by molar-refractivity contribution is 7.89. The van der Waals surface area contributed by atoms with Crippen molar-refractivity contribution in [2.24, 2.45) is 11.8 Å². The van der Waals surface area contributed by atoms with Crippen LogP contribution in [0, 0.1) is 23.2 Å². The molecule has 34 heavy (non-hydrogen) atoms. The van der Waals surface area contributed by atoms with Crippen LogP contribution in [0.1, 0.15) is 39.7 Å². The van der Waals surface area contributed by atoms with Crippen molar-refractivity contribution < 1.29 is 22.7 Å². The Hall–Kier alpha value is -2.35. The van der Waals surface area contributed by atoms with Gasteiger partial charge in [0.1, 0.15) is 12.4 Å². The summed E-state index contributed by atoms with van der Waals surface area (Å²) < 4.78 is 38.0. The molecule has 1 aromatic rings. The molecule has 2 fully saturated rings. The zero-order valence-electron chi connectivity index (χ0n) is 20.5. The van der Waals surface area contributed by atoms with Crippen LogP contribution in [0.25, 0.3) is 0 Å². The average molecular weight is 493 g/mol. The molecule has 9 nitrogen and oxygen atoms in total. The second kappa shape index (κ2) is 10.9. The minimum Gasteiger partial charge on any atom is -0.490 e. The third kappa shape index (κ3) is 7.58. The van der Waals surface area contributed by atoms with Gasteiger partial charge in [0.15, 0.2) is 6.10 Å². The fourth-order valence-electron chi connectivity index (χ4n) is 4.61. The fraction of sp³-hybridized carbons (Fsp3) is 0.667. The number of hydrogen-bond acceptors (Lipinski definition) is 7. The van der Waals surface area contributed by atoms with Crippen LogP contribution in [0.2, 0.25) is 0 Å². The monoisotopic (exact) mass is 492 g/mol. The van der Waals surface area contributed by atoms with Gasteiger partial charge in [-0.25, -0.2) is 17.5 Å². The quantitative estimate of drug-likeness (QED) is 0.593. The Labute approximate surface area is 203 Å². The average Bonchev–Trinajstić information content (AvgIpc) is 2.76. The number of hydrogen-bond donors (Lipinski definition) is 1. The molecule has 3 atom stereocenters. The van der Waals surface area contributed by atoms with Crippen LogP contribution in [0.4, 0.5) is 4.79 Å². The Kier molecular flexibility index (Phi) is 8.44. The highest BCUT2D eigenvalue weighted by Gasteiger charge is 2.38. The maximum absolute atomic E-state index is 12.5. The summed E-state index contributed by atoms with van der Waals surface area (Å²) in [5, 5.41) is 11.8. The van der Waals surface area contributed by atoms with Crippen molar-refractivity contribution in [1.29, 1.82) is 5.26 Å². The molecule has 0 saturated carbocycles. The molecule has 2 aliphatic heterocycles. The molecule has 0 spiro atoms. The van der Waals surface area contributed by atoms with Gasteiger partial charge in [-0.05, 0) is 70.2 Å². The van der Waals surface area contributed by atoms with Gasteiger partial charge in [0.05, 0.1) is 17.4 Å². The number of carbonyl (C=O) groups is 1. The highest BCUT2D eigenvalue weighted by Crippen LogP contribution is 2.30. The summed E-state index contributed by atoms with van der Waals surface area (Å²) in [5.41, 5.74) is 0.120. The van der Waals surface area contributed by atoms with Crippen LogP contribution < -0.4 is 10.1 Å². The minimum atomic E-state index is -3.18. The van der Waals surface area contributed by atoms with Crippen molar-refractivity contribution in [2.45, 2.75) is 45.8 Å². The maximum atomic E-state index is 12.5. The number of rotatable bonds is 8. The Morgan fingerprint density at radius 1 is 1.18 bits per heavy atom. The number of sulfonamides is 1. The van der Waals surface area contributed by atoms with Crippen LogP contribution in [-0.2, 0) is 14.8 Å². The lowest BCUT2D eigenvalue weighted by Crippen LogP contribution is -2.56. The molecule has 1 N–H and O–H groups in total. The number of piperidine rings is 2. The number of alkyl carbamates (subject to hydrolysis) is 1. The van der Waals surface area contributed by atoms with E-state index in [0.717, 1.165) is 19.5 Å². The number of benzene rings is 1. The van der Waals surface area contributed by atoms with E-state index in [1.165, 1.54) is 0 Å². The molecule has 188 valence electrons. The van der Waals surface area contributed by atoms with Crippen molar-refractivity contribution in [2.75, 3.05) is 45.1 Å². The third-order valence-corrected chi connectivity index (χ3v) is 7.83. The molecule has 2 bridgehead atoms. The number of nitriles is 1. The van der Waals surface area contributed by atoms with Gasteiger partial charge < -0.3 is 14.8 Å². The third-order valence-electron chi connectivity index (χ3n) is 6.01. The lowest BCUT2D eigenvalue weighted by atomic mass is 9.85. The van der Waals surface area contributed by atoms with E-state index in [1.54, 1.807) is 35.5 Å². The summed E-state index contributed by atoms with van der Waals surface area (Å²) in [4.78, 5) is 14.7. The van der Waals surface area contributed by atoms with Crippen LogP contribution in [0.5, 0.6) is 5.75 Å². The lowest BCUT2D eigenvalue weighted by Gasteiger charge is -2.45. The van der Waals surface area contributed by atoms with Gasteiger partial charge >= 0.3 is 6.09 Å². The van der Waals surface area contributed by atoms with Gasteiger partial charge in [0, 0.05) is 38.3 Å². The first-order valence-corrected chi connectivity index (χ1v) is 13.4. The van der Waals surface area contributed by atoms with Gasteiger partial charge in [-0.1, -0.05) is 0 Å². The predicted octanol–water partition coefficient (Wildman–Crippen LogP) is 2.43. The van der Waals surface area contributed by atoms with Crippen LogP contribution in [-0.4, -0.2) is 80.4 Å². The van der Waals surface area contributed by atoms with Crippen molar-refractivity contribution in [3.05, 3.63) is 29.8 Å². The second-order valence-corrected chi connectivity index (χ2v) is 12.5. The number of amides is 1. The van der Waals surface area contributed by atoms with Gasteiger partial charge in [-0.15, -0.1) is 0 Å². The van der Waals surface area contributed by atoms with E-state index in [-0.39, 0.29) is 24.2 Å². The van der Waals surface area contributed by atoms with Crippen molar-refractivity contribution in [1.82, 2.24) is 14.5 Å². The first kappa shape index (κ1) is 26.3. The Morgan fingerprint density at radius 3 is 2.32 bits per heavy atom. The van der Waals surface area contributed by atoms with Gasteiger partial charge in [0.2, 0.25) is 10.0 Å². The van der Waals surface area contributed by atoms with Gasteiger partial charge in [0.25, 0.3) is 0 Å². The smallest absolute Gasteiger partial charge is 0.407 e. The predicted molar refractivity (Wildman–Crippen MR) is 129 cm³/mol. The zero-order chi connectivity index (χ0) is 24.9. The summed E-state index contributed by atoms with van der Waals surface area (Å²) in [6.45, 7) is 10.6. The SMILES string of the molecule is CCS(=O)(=O)N1CC2CC(CN(CC(COc3ccc(C#N)cc3)OC(=O)NC(C)(C)C)C2)C1. The van der Waals surface area contributed by atoms with E-state index in [9.17, 15) is 13.2 Å². The molecule has 3 unspecified atom stereocenters. The number of fused-ring (bicyclic) bond motifs is 2. The van der Waals surface area contributed by atoms with Gasteiger partial charge in [-0.2, -0.15) is 5.26 Å². The topological polar surface area (TPSA) is 112 Å². The minimum absolute atomic E-state index is 0.127. The van der Waals surface area contributed by atoms with Crippen LogP contribution in [0.3, 0.4) is 0 Å². The molecule has 10 heteroatoms. The van der Waals surface area contributed by atoms with E-state index < -0.39 is 27.8 Å². The van der Waals surface area contributed by atoms with Crippen LogP contribution >= 0.6 is 0 Å². The number of likely N-dealkylation sites (tertiary alicyclic amines) is 1. The molecular weight excluding hydrogens is 456 g/mol. The summed E-state index contributed by atoms with van der Waals surface area (Å²) in [6, 6.07) is 8.88. The molecule has 0 radical (unpaired) electrons. The molecule has 2 aliphatic rings. The highest BCUT2D eigenvalue weighted by atomic mass is 32.2. The molecule has 0 aromatic heterocycles. The molecular formula is C24H36N4O5S. The Morgan fingerprint density at radius 2 is 1.79 bits per heavy atom. The number of ether oxygens (including phenoxy) is 2. The number of carbonyl (C=O) groups excluding carboxylic acids is 1. The normalized spacial score (nSPS) is 22.4. The Balaban J connectivity index is 1.63. The summed E-state index contributed by atoms with van der Waals surface area (Å²) in [7, 11) is -3.18. The first-order chi connectivity index (χ1) is 16.0. The first-order valence-electron chi connectivity index (χ1n) is 11.8. The van der Waals surface area contributed by atoms with E-state index >= 15 is 0 Å². The van der Waals surface area contributed by atoms with Crippen molar-refractivity contribution in [3.63, 3.8) is 0 Å². The van der Waals surface area contributed by atoms with Crippen molar-refractivity contribution in [3.8, 4) is 11.8 Å². The standard InChI is InChI=1S/C24H36N4O5S/c1-5-34(30,31)28-14-19-10-20(15-28)13-27(12-19)16-22(33-23(29)26-24(2,3)4)17-32-21-8-6-18(11-25)7-9-21/h6-9,19-20,22H,5,10,12-17H2,1-4H3,(H,26,29). The molecule has 2 heterocycles. The molecule has 1 amide bonds. The van der Waals surface area contributed by atoms with E-state index in [4.69, 9.17) is 14.7 Å². The van der Waals surface area contributed by atoms with Crippen molar-refractivity contribution >= 4 is 16.1 Å². The summed E-state index contributed by atoms with van der Waals surface area (Å²) in [6.07, 6.45) is 0.00920. The largest absolute Gasteiger partial charge is 0.490 e. The van der Waals surface area contributed by atoms with E-state index in [1.807, 2.05) is 20.8 Å². The molecule has 3 rings (SSSR count). The second-order valence-electron chi connectivity index (χ2n) is 10.3. The van der Waals surface area contributed by atoms with E-state index in [2.05, 4.69) is 16.3 Å². The summed E-state index contributed by atoms with van der Waals surface area (Å²) >= 11 is 0.